The van der Waals surface area contributed by atoms with Gasteiger partial charge < -0.3 is 4.74 Å². The predicted molar refractivity (Wildman–Crippen MR) is 55.5 cm³/mol. The van der Waals surface area contributed by atoms with Gasteiger partial charge in [0.25, 0.3) is 0 Å². The summed E-state index contributed by atoms with van der Waals surface area (Å²) in [5.74, 6) is 0.412. The number of alkyl halides is 1. The van der Waals surface area contributed by atoms with Crippen molar-refractivity contribution in [1.29, 1.82) is 0 Å². The second-order valence-electron chi connectivity index (χ2n) is 3.22. The summed E-state index contributed by atoms with van der Waals surface area (Å²) in [6, 6.07) is 0.254. The van der Waals surface area contributed by atoms with Gasteiger partial charge in [-0.2, -0.15) is 0 Å². The van der Waals surface area contributed by atoms with Crippen LogP contribution in [0.5, 0.6) is 0 Å². The standard InChI is InChI=1S/C9H16ClN3O/c1-4-8(6-14-3)13-7(2)9(5-10)11-12-13/h8H,4-6H2,1-3H3. The quantitative estimate of drug-likeness (QED) is 0.708. The summed E-state index contributed by atoms with van der Waals surface area (Å²) >= 11 is 5.72. The van der Waals surface area contributed by atoms with E-state index in [0.717, 1.165) is 17.8 Å². The minimum absolute atomic E-state index is 0.254. The fourth-order valence-electron chi connectivity index (χ4n) is 1.40. The summed E-state index contributed by atoms with van der Waals surface area (Å²) in [7, 11) is 1.69. The molecule has 4 nitrogen and oxygen atoms in total. The fraction of sp³-hybridized carbons (Fsp3) is 0.778. The van der Waals surface area contributed by atoms with Crippen LogP contribution < -0.4 is 0 Å². The summed E-state index contributed by atoms with van der Waals surface area (Å²) in [5.41, 5.74) is 1.88. The molecular weight excluding hydrogens is 202 g/mol. The first-order chi connectivity index (χ1) is 6.74. The number of ether oxygens (including phenoxy) is 1. The maximum Gasteiger partial charge on any atom is 0.100 e. The van der Waals surface area contributed by atoms with Gasteiger partial charge in [-0.25, -0.2) is 4.68 Å². The summed E-state index contributed by atoms with van der Waals surface area (Å²) in [4.78, 5) is 0. The van der Waals surface area contributed by atoms with Crippen LogP contribution in [0.2, 0.25) is 0 Å². The zero-order valence-electron chi connectivity index (χ0n) is 8.83. The minimum Gasteiger partial charge on any atom is -0.382 e. The number of hydrogen-bond acceptors (Lipinski definition) is 3. The van der Waals surface area contributed by atoms with Crippen LogP contribution in [0.3, 0.4) is 0 Å². The second-order valence-corrected chi connectivity index (χ2v) is 3.48. The topological polar surface area (TPSA) is 39.9 Å². The van der Waals surface area contributed by atoms with Crippen molar-refractivity contribution in [2.24, 2.45) is 0 Å². The molecule has 14 heavy (non-hydrogen) atoms. The summed E-state index contributed by atoms with van der Waals surface area (Å²) in [6.07, 6.45) is 0.972. The third-order valence-corrected chi connectivity index (χ3v) is 2.58. The van der Waals surface area contributed by atoms with E-state index in [0.29, 0.717) is 12.5 Å². The zero-order chi connectivity index (χ0) is 10.6. The molecule has 1 rings (SSSR count). The van der Waals surface area contributed by atoms with Gasteiger partial charge in [0.1, 0.15) is 5.69 Å². The molecule has 1 aromatic heterocycles. The number of rotatable bonds is 5. The Morgan fingerprint density at radius 3 is 2.71 bits per heavy atom. The van der Waals surface area contributed by atoms with E-state index in [4.69, 9.17) is 16.3 Å². The Labute approximate surface area is 89.2 Å². The molecule has 5 heteroatoms. The Kier molecular flexibility index (Phi) is 4.35. The van der Waals surface area contributed by atoms with Crippen molar-refractivity contribution in [3.63, 3.8) is 0 Å². The van der Waals surface area contributed by atoms with E-state index in [1.54, 1.807) is 7.11 Å². The molecule has 1 unspecified atom stereocenters. The van der Waals surface area contributed by atoms with Crippen LogP contribution in [-0.2, 0) is 10.6 Å². The van der Waals surface area contributed by atoms with E-state index >= 15 is 0 Å². The third kappa shape index (κ3) is 2.25. The molecule has 0 aliphatic rings. The van der Waals surface area contributed by atoms with Gasteiger partial charge >= 0.3 is 0 Å². The average Bonchev–Trinajstić information content (AvgIpc) is 2.56. The van der Waals surface area contributed by atoms with Crippen molar-refractivity contribution in [2.45, 2.75) is 32.2 Å². The molecular formula is C9H16ClN3O. The lowest BCUT2D eigenvalue weighted by Crippen LogP contribution is -2.16. The van der Waals surface area contributed by atoms with E-state index in [1.807, 2.05) is 11.6 Å². The van der Waals surface area contributed by atoms with Crippen LogP contribution in [0.4, 0.5) is 0 Å². The molecule has 0 amide bonds. The van der Waals surface area contributed by atoms with Crippen molar-refractivity contribution < 1.29 is 4.74 Å². The van der Waals surface area contributed by atoms with Gasteiger partial charge in [-0.05, 0) is 13.3 Å². The van der Waals surface area contributed by atoms with Crippen LogP contribution in [0, 0.1) is 6.92 Å². The fourth-order valence-corrected chi connectivity index (χ4v) is 1.64. The zero-order valence-corrected chi connectivity index (χ0v) is 9.58. The highest BCUT2D eigenvalue weighted by Gasteiger charge is 2.15. The monoisotopic (exact) mass is 217 g/mol. The molecule has 0 saturated carbocycles. The van der Waals surface area contributed by atoms with Gasteiger partial charge in [0.2, 0.25) is 0 Å². The molecule has 0 spiro atoms. The number of aromatic nitrogens is 3. The highest BCUT2D eigenvalue weighted by Crippen LogP contribution is 2.15. The maximum absolute atomic E-state index is 5.72. The second kappa shape index (κ2) is 5.32. The van der Waals surface area contributed by atoms with Crippen molar-refractivity contribution >= 4 is 11.6 Å². The predicted octanol–water partition coefficient (Wildman–Crippen LogP) is 1.92. The molecule has 0 aromatic carbocycles. The Morgan fingerprint density at radius 1 is 1.57 bits per heavy atom. The highest BCUT2D eigenvalue weighted by molar-refractivity contribution is 6.16. The van der Waals surface area contributed by atoms with E-state index in [-0.39, 0.29) is 6.04 Å². The van der Waals surface area contributed by atoms with Gasteiger partial charge in [0.05, 0.1) is 24.2 Å². The lowest BCUT2D eigenvalue weighted by Gasteiger charge is -2.15. The van der Waals surface area contributed by atoms with Gasteiger partial charge in [0, 0.05) is 7.11 Å². The largest absolute Gasteiger partial charge is 0.382 e. The van der Waals surface area contributed by atoms with Crippen LogP contribution in [-0.4, -0.2) is 28.7 Å². The third-order valence-electron chi connectivity index (χ3n) is 2.33. The Balaban J connectivity index is 2.87. The van der Waals surface area contributed by atoms with Crippen molar-refractivity contribution in [3.05, 3.63) is 11.4 Å². The maximum atomic E-state index is 5.72. The van der Waals surface area contributed by atoms with Crippen LogP contribution in [0.25, 0.3) is 0 Å². The number of methoxy groups -OCH3 is 1. The Bertz CT molecular complexity index is 288. The average molecular weight is 218 g/mol. The Hall–Kier alpha value is -0.610. The lowest BCUT2D eigenvalue weighted by molar-refractivity contribution is 0.145. The van der Waals surface area contributed by atoms with E-state index in [2.05, 4.69) is 17.2 Å². The molecule has 0 bridgehead atoms. The van der Waals surface area contributed by atoms with Crippen LogP contribution in [0.1, 0.15) is 30.8 Å². The molecule has 0 saturated heterocycles. The summed E-state index contributed by atoms with van der Waals surface area (Å²) in [6.45, 7) is 4.74. The Morgan fingerprint density at radius 2 is 2.29 bits per heavy atom. The van der Waals surface area contributed by atoms with Crippen molar-refractivity contribution in [1.82, 2.24) is 15.0 Å². The van der Waals surface area contributed by atoms with Gasteiger partial charge in [-0.1, -0.05) is 12.1 Å². The molecule has 0 aliphatic heterocycles. The van der Waals surface area contributed by atoms with E-state index in [9.17, 15) is 0 Å². The van der Waals surface area contributed by atoms with Crippen LogP contribution >= 0.6 is 11.6 Å². The first kappa shape index (κ1) is 11.5. The molecule has 0 fully saturated rings. The summed E-state index contributed by atoms with van der Waals surface area (Å²) < 4.78 is 7.02. The molecule has 0 aliphatic carbocycles. The molecule has 80 valence electrons. The summed E-state index contributed by atoms with van der Waals surface area (Å²) in [5, 5.41) is 8.09. The van der Waals surface area contributed by atoms with Crippen LogP contribution in [0.15, 0.2) is 0 Å². The number of halogens is 1. The molecule has 0 N–H and O–H groups in total. The highest BCUT2D eigenvalue weighted by atomic mass is 35.5. The molecule has 1 atom stereocenters. The molecule has 1 aromatic rings. The SMILES string of the molecule is CCC(COC)n1nnc(CCl)c1C. The van der Waals surface area contributed by atoms with Crippen molar-refractivity contribution in [2.75, 3.05) is 13.7 Å². The van der Waals surface area contributed by atoms with Gasteiger partial charge in [-0.3, -0.25) is 0 Å². The first-order valence-corrected chi connectivity index (χ1v) is 5.23. The lowest BCUT2D eigenvalue weighted by atomic mass is 10.2. The van der Waals surface area contributed by atoms with Gasteiger partial charge in [-0.15, -0.1) is 16.7 Å². The smallest absolute Gasteiger partial charge is 0.100 e. The van der Waals surface area contributed by atoms with Crippen molar-refractivity contribution in [3.8, 4) is 0 Å². The molecule has 0 radical (unpaired) electrons. The normalized spacial score (nSPS) is 13.1. The number of hydrogen-bond donors (Lipinski definition) is 0. The van der Waals surface area contributed by atoms with E-state index in [1.165, 1.54) is 0 Å². The molecule has 1 heterocycles. The number of nitrogens with zero attached hydrogens (tertiary/aromatic N) is 3. The minimum atomic E-state index is 0.254. The first-order valence-electron chi connectivity index (χ1n) is 4.70. The van der Waals surface area contributed by atoms with E-state index < -0.39 is 0 Å². The van der Waals surface area contributed by atoms with Gasteiger partial charge in [0.15, 0.2) is 0 Å².